The van der Waals surface area contributed by atoms with Crippen LogP contribution in [0.4, 0.5) is 13.2 Å². The largest absolute Gasteiger partial charge is 0.454 e. The lowest BCUT2D eigenvalue weighted by Gasteiger charge is -2.04. The molecule has 12 heavy (non-hydrogen) atoms. The van der Waals surface area contributed by atoms with Gasteiger partial charge in [0.1, 0.15) is 0 Å². The van der Waals surface area contributed by atoms with Gasteiger partial charge in [0.25, 0.3) is 5.78 Å². The lowest BCUT2D eigenvalue weighted by molar-refractivity contribution is -0.166. The van der Waals surface area contributed by atoms with Gasteiger partial charge in [-0.3, -0.25) is 4.79 Å². The van der Waals surface area contributed by atoms with Gasteiger partial charge in [-0.15, -0.1) is 0 Å². The summed E-state index contributed by atoms with van der Waals surface area (Å²) in [4.78, 5) is 10.5. The van der Waals surface area contributed by atoms with Gasteiger partial charge in [-0.05, 0) is 13.8 Å². The van der Waals surface area contributed by atoms with Crippen molar-refractivity contribution in [2.75, 3.05) is 0 Å². The van der Waals surface area contributed by atoms with Gasteiger partial charge in [0.15, 0.2) is 0 Å². The maximum absolute atomic E-state index is 11.8. The molecule has 0 aromatic rings. The SMILES string of the molecule is C/C=C\C(=C/C)C(=O)C(F)(F)F. The molecule has 0 aliphatic rings. The molecule has 0 aliphatic heterocycles. The summed E-state index contributed by atoms with van der Waals surface area (Å²) in [5, 5.41) is 0. The van der Waals surface area contributed by atoms with Crippen LogP contribution in [0.5, 0.6) is 0 Å². The van der Waals surface area contributed by atoms with Gasteiger partial charge in [0.05, 0.1) is 0 Å². The number of halogens is 3. The molecule has 1 nitrogen and oxygen atoms in total. The number of Topliss-reactive ketones (excluding diaryl/α,β-unsaturated/α-hetero) is 1. The van der Waals surface area contributed by atoms with E-state index in [1.165, 1.54) is 13.0 Å². The third-order valence-electron chi connectivity index (χ3n) is 1.18. The van der Waals surface area contributed by atoms with Crippen LogP contribution in [0.3, 0.4) is 0 Å². The number of hydrogen-bond donors (Lipinski definition) is 0. The zero-order chi connectivity index (χ0) is 9.78. The van der Waals surface area contributed by atoms with Crippen molar-refractivity contribution in [1.29, 1.82) is 0 Å². The standard InChI is InChI=1S/C8H9F3O/c1-3-5-6(4-2)7(12)8(9,10)11/h3-5H,1-2H3/b5-3-,6-4+. The number of ketones is 1. The lowest BCUT2D eigenvalue weighted by atomic mass is 10.1. The van der Waals surface area contributed by atoms with E-state index >= 15 is 0 Å². The molecular weight excluding hydrogens is 169 g/mol. The van der Waals surface area contributed by atoms with E-state index in [2.05, 4.69) is 0 Å². The quantitative estimate of drug-likeness (QED) is 0.469. The second kappa shape index (κ2) is 4.09. The van der Waals surface area contributed by atoms with Crippen LogP contribution in [-0.4, -0.2) is 12.0 Å². The van der Waals surface area contributed by atoms with Crippen molar-refractivity contribution in [1.82, 2.24) is 0 Å². The van der Waals surface area contributed by atoms with Crippen LogP contribution in [-0.2, 0) is 4.79 Å². The molecule has 0 fully saturated rings. The van der Waals surface area contributed by atoms with Crippen molar-refractivity contribution in [2.24, 2.45) is 0 Å². The van der Waals surface area contributed by atoms with E-state index in [0.29, 0.717) is 0 Å². The average molecular weight is 178 g/mol. The third kappa shape index (κ3) is 2.90. The van der Waals surface area contributed by atoms with Crippen molar-refractivity contribution < 1.29 is 18.0 Å². The number of alkyl halides is 3. The predicted octanol–water partition coefficient (Wildman–Crippen LogP) is 2.64. The summed E-state index contributed by atoms with van der Waals surface area (Å²) in [7, 11) is 0. The average Bonchev–Trinajstić information content (AvgIpc) is 1.97. The third-order valence-corrected chi connectivity index (χ3v) is 1.18. The maximum atomic E-state index is 11.8. The summed E-state index contributed by atoms with van der Waals surface area (Å²) in [6, 6.07) is 0. The highest BCUT2D eigenvalue weighted by Crippen LogP contribution is 2.21. The van der Waals surface area contributed by atoms with E-state index < -0.39 is 12.0 Å². The molecule has 4 heteroatoms. The molecule has 0 saturated heterocycles. The molecule has 0 rings (SSSR count). The van der Waals surface area contributed by atoms with E-state index in [9.17, 15) is 18.0 Å². The van der Waals surface area contributed by atoms with Crippen molar-refractivity contribution in [2.45, 2.75) is 20.0 Å². The minimum absolute atomic E-state index is 0.329. The minimum atomic E-state index is -4.78. The summed E-state index contributed by atoms with van der Waals surface area (Å²) in [5.41, 5.74) is -0.329. The molecule has 0 aromatic carbocycles. The number of carbonyl (C=O) groups excluding carboxylic acids is 1. The van der Waals surface area contributed by atoms with Crippen molar-refractivity contribution in [3.05, 3.63) is 23.8 Å². The summed E-state index contributed by atoms with van der Waals surface area (Å²) >= 11 is 0. The molecule has 0 aliphatic carbocycles. The highest BCUT2D eigenvalue weighted by atomic mass is 19.4. The normalized spacial score (nSPS) is 13.9. The van der Waals surface area contributed by atoms with Crippen molar-refractivity contribution in [3.63, 3.8) is 0 Å². The first-order valence-electron chi connectivity index (χ1n) is 3.34. The molecule has 0 amide bonds. The molecule has 0 atom stereocenters. The first-order valence-corrected chi connectivity index (χ1v) is 3.34. The zero-order valence-electron chi connectivity index (χ0n) is 6.77. The van der Waals surface area contributed by atoms with Crippen LogP contribution in [0.2, 0.25) is 0 Å². The Labute approximate surface area is 68.6 Å². The molecule has 68 valence electrons. The van der Waals surface area contributed by atoms with Crippen LogP contribution in [0.25, 0.3) is 0 Å². The van der Waals surface area contributed by atoms with Gasteiger partial charge in [0.2, 0.25) is 0 Å². The molecule has 0 bridgehead atoms. The van der Waals surface area contributed by atoms with Crippen LogP contribution in [0, 0.1) is 0 Å². The second-order valence-corrected chi connectivity index (χ2v) is 2.07. The van der Waals surface area contributed by atoms with Crippen LogP contribution < -0.4 is 0 Å². The monoisotopic (exact) mass is 178 g/mol. The zero-order valence-corrected chi connectivity index (χ0v) is 6.77. The van der Waals surface area contributed by atoms with Gasteiger partial charge in [-0.25, -0.2) is 0 Å². The van der Waals surface area contributed by atoms with E-state index in [0.717, 1.165) is 12.2 Å². The Kier molecular flexibility index (Phi) is 3.73. The fraction of sp³-hybridized carbons (Fsp3) is 0.375. The van der Waals surface area contributed by atoms with E-state index in [1.54, 1.807) is 6.92 Å². The number of allylic oxidation sites excluding steroid dienone is 4. The number of carbonyl (C=O) groups is 1. The van der Waals surface area contributed by atoms with E-state index in [4.69, 9.17) is 0 Å². The van der Waals surface area contributed by atoms with Gasteiger partial charge in [-0.2, -0.15) is 13.2 Å². The Bertz CT molecular complexity index is 223. The Hall–Kier alpha value is -1.06. The summed E-state index contributed by atoms with van der Waals surface area (Å²) in [6.45, 7) is 2.94. The molecule has 0 unspecified atom stereocenters. The van der Waals surface area contributed by atoms with Crippen LogP contribution in [0.1, 0.15) is 13.8 Å². The molecule has 0 aromatic heterocycles. The lowest BCUT2D eigenvalue weighted by Crippen LogP contribution is -2.23. The van der Waals surface area contributed by atoms with Gasteiger partial charge < -0.3 is 0 Å². The summed E-state index contributed by atoms with van der Waals surface area (Å²) in [5.74, 6) is -1.80. The minimum Gasteiger partial charge on any atom is -0.284 e. The maximum Gasteiger partial charge on any atom is 0.454 e. The van der Waals surface area contributed by atoms with Crippen molar-refractivity contribution in [3.8, 4) is 0 Å². The molecule has 0 spiro atoms. The second-order valence-electron chi connectivity index (χ2n) is 2.07. The smallest absolute Gasteiger partial charge is 0.284 e. The summed E-state index contributed by atoms with van der Waals surface area (Å²) in [6.07, 6.45) is -1.12. The van der Waals surface area contributed by atoms with Gasteiger partial charge in [0, 0.05) is 5.57 Å². The van der Waals surface area contributed by atoms with E-state index in [-0.39, 0.29) is 5.57 Å². The van der Waals surface area contributed by atoms with Crippen molar-refractivity contribution >= 4 is 5.78 Å². The van der Waals surface area contributed by atoms with E-state index in [1.807, 2.05) is 0 Å². The molecule has 0 radical (unpaired) electrons. The van der Waals surface area contributed by atoms with Gasteiger partial charge >= 0.3 is 6.18 Å². The molecular formula is C8H9F3O. The van der Waals surface area contributed by atoms with Crippen LogP contribution in [0.15, 0.2) is 23.8 Å². The number of hydrogen-bond acceptors (Lipinski definition) is 1. The fourth-order valence-electron chi connectivity index (χ4n) is 0.646. The Morgan fingerprint density at radius 2 is 1.75 bits per heavy atom. The highest BCUT2D eigenvalue weighted by Gasteiger charge is 2.39. The van der Waals surface area contributed by atoms with Gasteiger partial charge in [-0.1, -0.05) is 18.2 Å². The fourth-order valence-corrected chi connectivity index (χ4v) is 0.646. The number of rotatable bonds is 2. The summed E-state index contributed by atoms with van der Waals surface area (Å²) < 4.78 is 35.4. The molecule has 0 N–H and O–H groups in total. The molecule has 0 heterocycles. The molecule has 0 saturated carbocycles. The first-order chi connectivity index (χ1) is 5.43. The predicted molar refractivity (Wildman–Crippen MR) is 39.6 cm³/mol. The Morgan fingerprint density at radius 3 is 2.00 bits per heavy atom. The van der Waals surface area contributed by atoms with Crippen LogP contribution >= 0.6 is 0 Å². The Morgan fingerprint density at radius 1 is 1.25 bits per heavy atom. The highest BCUT2D eigenvalue weighted by molar-refractivity contribution is 6.01. The Balaban J connectivity index is 4.68. The topological polar surface area (TPSA) is 17.1 Å². The first kappa shape index (κ1) is 10.9.